The fourth-order valence-corrected chi connectivity index (χ4v) is 4.61. The van der Waals surface area contributed by atoms with Crippen LogP contribution >= 0.6 is 11.8 Å². The summed E-state index contributed by atoms with van der Waals surface area (Å²) < 4.78 is 9.83. The predicted molar refractivity (Wildman–Crippen MR) is 115 cm³/mol. The lowest BCUT2D eigenvalue weighted by Crippen LogP contribution is -2.35. The maximum absolute atomic E-state index is 5.60. The molecule has 156 valence electrons. The van der Waals surface area contributed by atoms with Crippen molar-refractivity contribution in [1.82, 2.24) is 24.5 Å². The van der Waals surface area contributed by atoms with Crippen molar-refractivity contribution in [1.29, 1.82) is 0 Å². The highest BCUT2D eigenvalue weighted by Crippen LogP contribution is 2.27. The number of rotatable bonds is 10. The Morgan fingerprint density at radius 2 is 2.03 bits per heavy atom. The second-order valence-electron chi connectivity index (χ2n) is 7.80. The minimum absolute atomic E-state index is 0.684. The smallest absolute Gasteiger partial charge is 0.228 e. The Kier molecular flexibility index (Phi) is 6.92. The average molecular weight is 415 g/mol. The molecule has 0 spiro atoms. The Morgan fingerprint density at radius 1 is 1.14 bits per heavy atom. The van der Waals surface area contributed by atoms with Crippen LogP contribution in [0.15, 0.2) is 46.4 Å². The van der Waals surface area contributed by atoms with Crippen LogP contribution < -0.4 is 4.90 Å². The molecule has 0 amide bonds. The fourth-order valence-electron chi connectivity index (χ4n) is 3.68. The lowest BCUT2D eigenvalue weighted by atomic mass is 10.00. The third kappa shape index (κ3) is 5.44. The quantitative estimate of drug-likeness (QED) is 0.364. The van der Waals surface area contributed by atoms with Gasteiger partial charge in [-0.2, -0.15) is 5.10 Å². The molecule has 4 heterocycles. The number of thioether (sulfide) groups is 1. The van der Waals surface area contributed by atoms with E-state index in [2.05, 4.69) is 31.7 Å². The summed E-state index contributed by atoms with van der Waals surface area (Å²) in [6.45, 7) is 6.11. The van der Waals surface area contributed by atoms with Crippen LogP contribution in [0.3, 0.4) is 0 Å². The number of hydrogen-bond donors (Lipinski definition) is 0. The van der Waals surface area contributed by atoms with Crippen molar-refractivity contribution in [2.45, 2.75) is 57.3 Å². The van der Waals surface area contributed by atoms with Gasteiger partial charge >= 0.3 is 0 Å². The van der Waals surface area contributed by atoms with Crippen LogP contribution in [0.1, 0.15) is 44.8 Å². The molecule has 0 saturated carbocycles. The molecule has 1 saturated heterocycles. The number of unbranched alkanes of at least 4 members (excludes halogenated alkanes) is 2. The maximum atomic E-state index is 5.60. The molecule has 0 N–H and O–H groups in total. The summed E-state index contributed by atoms with van der Waals surface area (Å²) in [7, 11) is 0. The van der Waals surface area contributed by atoms with E-state index in [1.165, 1.54) is 19.3 Å². The van der Waals surface area contributed by atoms with Crippen molar-refractivity contribution >= 4 is 17.7 Å². The second kappa shape index (κ2) is 10.0. The molecule has 29 heavy (non-hydrogen) atoms. The Bertz CT molecular complexity index is 837. The summed E-state index contributed by atoms with van der Waals surface area (Å²) in [5.41, 5.74) is 0. The molecule has 0 bridgehead atoms. The minimum Gasteiger partial charge on any atom is -0.467 e. The first-order valence-corrected chi connectivity index (χ1v) is 11.6. The van der Waals surface area contributed by atoms with E-state index in [4.69, 9.17) is 4.42 Å². The third-order valence-electron chi connectivity index (χ3n) is 5.48. The van der Waals surface area contributed by atoms with E-state index in [1.807, 2.05) is 35.3 Å². The predicted octanol–water partition coefficient (Wildman–Crippen LogP) is 4.31. The van der Waals surface area contributed by atoms with E-state index in [1.54, 1.807) is 18.0 Å². The van der Waals surface area contributed by atoms with Gasteiger partial charge in [0.25, 0.3) is 0 Å². The highest BCUT2D eigenvalue weighted by Gasteiger charge is 2.23. The molecule has 0 radical (unpaired) electrons. The van der Waals surface area contributed by atoms with Crippen LogP contribution in [0.25, 0.3) is 0 Å². The zero-order chi connectivity index (χ0) is 19.9. The lowest BCUT2D eigenvalue weighted by molar-refractivity contribution is 0.427. The Balaban J connectivity index is 1.34. The van der Waals surface area contributed by atoms with Crippen molar-refractivity contribution in [3.05, 3.63) is 42.6 Å². The van der Waals surface area contributed by atoms with Gasteiger partial charge in [0.05, 0.1) is 12.8 Å². The van der Waals surface area contributed by atoms with E-state index in [0.717, 1.165) is 61.0 Å². The molecule has 1 aliphatic rings. The van der Waals surface area contributed by atoms with Gasteiger partial charge in [-0.3, -0.25) is 9.25 Å². The molecule has 3 aromatic rings. The molecular weight excluding hydrogens is 384 g/mol. The number of piperidine rings is 1. The highest BCUT2D eigenvalue weighted by molar-refractivity contribution is 7.99. The highest BCUT2D eigenvalue weighted by atomic mass is 32.2. The molecule has 1 fully saturated rings. The van der Waals surface area contributed by atoms with Gasteiger partial charge in [-0.15, -0.1) is 10.2 Å². The number of anilines is 1. The zero-order valence-corrected chi connectivity index (χ0v) is 17.9. The van der Waals surface area contributed by atoms with Crippen LogP contribution in [0.4, 0.5) is 5.95 Å². The zero-order valence-electron chi connectivity index (χ0n) is 17.1. The number of nitrogens with zero attached hydrogens (tertiary/aromatic N) is 6. The molecule has 0 aliphatic carbocycles. The summed E-state index contributed by atoms with van der Waals surface area (Å²) in [6.07, 6.45) is 11.5. The summed E-state index contributed by atoms with van der Waals surface area (Å²) in [4.78, 5) is 2.38. The SMILES string of the molecule is CC1CCN(c2nnc(SCCCCCn3cccn3)n2Cc2ccco2)CC1. The number of aromatic nitrogens is 5. The maximum Gasteiger partial charge on any atom is 0.228 e. The minimum atomic E-state index is 0.684. The lowest BCUT2D eigenvalue weighted by Gasteiger charge is -2.31. The van der Waals surface area contributed by atoms with Crippen LogP contribution in [0, 0.1) is 5.92 Å². The Hall–Kier alpha value is -2.22. The summed E-state index contributed by atoms with van der Waals surface area (Å²) in [5, 5.41) is 14.3. The standard InChI is InChI=1S/C21H30N6OS/c1-18-8-13-25(14-9-18)20-23-24-21(27(20)17-19-7-5-15-28-19)29-16-4-2-3-11-26-12-6-10-22-26/h5-7,10,12,15,18H,2-4,8-9,11,13-14,16-17H2,1H3. The molecule has 7 nitrogen and oxygen atoms in total. The molecule has 3 aromatic heterocycles. The number of hydrogen-bond acceptors (Lipinski definition) is 6. The molecule has 0 unspecified atom stereocenters. The van der Waals surface area contributed by atoms with Crippen LogP contribution in [-0.2, 0) is 13.1 Å². The van der Waals surface area contributed by atoms with Gasteiger partial charge in [-0.25, -0.2) is 0 Å². The van der Waals surface area contributed by atoms with Crippen molar-refractivity contribution in [3.8, 4) is 0 Å². The average Bonchev–Trinajstić information content (AvgIpc) is 3.49. The van der Waals surface area contributed by atoms with Gasteiger partial charge in [0.2, 0.25) is 5.95 Å². The van der Waals surface area contributed by atoms with E-state index in [-0.39, 0.29) is 0 Å². The van der Waals surface area contributed by atoms with Gasteiger partial charge in [-0.1, -0.05) is 25.1 Å². The summed E-state index contributed by atoms with van der Waals surface area (Å²) >= 11 is 1.80. The van der Waals surface area contributed by atoms with Crippen molar-refractivity contribution in [3.63, 3.8) is 0 Å². The summed E-state index contributed by atoms with van der Waals surface area (Å²) in [5.74, 6) is 3.77. The van der Waals surface area contributed by atoms with Crippen LogP contribution in [0.2, 0.25) is 0 Å². The first kappa shape index (κ1) is 20.1. The molecule has 4 rings (SSSR count). The molecular formula is C21H30N6OS. The van der Waals surface area contributed by atoms with Gasteiger partial charge < -0.3 is 9.32 Å². The van der Waals surface area contributed by atoms with Crippen LogP contribution in [-0.4, -0.2) is 43.4 Å². The Labute approximate surface area is 176 Å². The van der Waals surface area contributed by atoms with E-state index in [9.17, 15) is 0 Å². The van der Waals surface area contributed by atoms with Crippen molar-refractivity contribution in [2.24, 2.45) is 5.92 Å². The molecule has 1 aliphatic heterocycles. The van der Waals surface area contributed by atoms with Gasteiger partial charge in [0.1, 0.15) is 5.76 Å². The van der Waals surface area contributed by atoms with E-state index in [0.29, 0.717) is 6.54 Å². The van der Waals surface area contributed by atoms with Gasteiger partial charge in [0.15, 0.2) is 5.16 Å². The summed E-state index contributed by atoms with van der Waals surface area (Å²) in [6, 6.07) is 5.93. The normalized spacial score (nSPS) is 15.3. The Morgan fingerprint density at radius 3 is 2.79 bits per heavy atom. The molecule has 8 heteroatoms. The second-order valence-corrected chi connectivity index (χ2v) is 8.86. The number of aryl methyl sites for hydroxylation is 1. The van der Waals surface area contributed by atoms with E-state index < -0.39 is 0 Å². The van der Waals surface area contributed by atoms with Gasteiger partial charge in [0, 0.05) is 37.8 Å². The van der Waals surface area contributed by atoms with Crippen molar-refractivity contribution in [2.75, 3.05) is 23.7 Å². The molecule has 0 aromatic carbocycles. The van der Waals surface area contributed by atoms with Gasteiger partial charge in [-0.05, 0) is 49.8 Å². The number of furan rings is 1. The topological polar surface area (TPSA) is 64.9 Å². The van der Waals surface area contributed by atoms with Crippen molar-refractivity contribution < 1.29 is 4.42 Å². The first-order chi connectivity index (χ1) is 14.3. The first-order valence-electron chi connectivity index (χ1n) is 10.6. The van der Waals surface area contributed by atoms with Crippen LogP contribution in [0.5, 0.6) is 0 Å². The fraction of sp³-hybridized carbons (Fsp3) is 0.571. The third-order valence-corrected chi connectivity index (χ3v) is 6.53. The van der Waals surface area contributed by atoms with E-state index >= 15 is 0 Å². The molecule has 0 atom stereocenters. The monoisotopic (exact) mass is 414 g/mol. The largest absolute Gasteiger partial charge is 0.467 e.